The largest absolute Gasteiger partial charge is 0.354 e. The lowest BCUT2D eigenvalue weighted by molar-refractivity contribution is 0.102. The molecule has 33 heteroatoms. The summed E-state index contributed by atoms with van der Waals surface area (Å²) in [6.45, 7) is 0. The van der Waals surface area contributed by atoms with E-state index in [0.29, 0.717) is 36.4 Å². The molecule has 92 heavy (non-hydrogen) atoms. The number of rotatable bonds is 5. The molecule has 468 valence electrons. The van der Waals surface area contributed by atoms with Crippen LogP contribution in [-0.4, -0.2) is 31.8 Å². The molecule has 5 aromatic carbocycles. The van der Waals surface area contributed by atoms with Crippen LogP contribution in [0.5, 0.6) is 0 Å². The quantitative estimate of drug-likeness (QED) is 0.0671. The molecule has 3 aliphatic heterocycles. The van der Waals surface area contributed by atoms with E-state index in [9.17, 15) is 31.5 Å². The Morgan fingerprint density at radius 3 is 0.772 bits per heavy atom. The third-order valence-corrected chi connectivity index (χ3v) is 14.5. The molecule has 7 heterocycles. The van der Waals surface area contributed by atoms with E-state index in [2.05, 4.69) is 19.9 Å². The van der Waals surface area contributed by atoms with Gasteiger partial charge >= 0.3 is 0 Å². The Morgan fingerprint density at radius 2 is 0.446 bits per heavy atom. The number of halogens is 25. The number of amides is 2. The number of aromatic nitrogens is 4. The van der Waals surface area contributed by atoms with Crippen LogP contribution < -0.4 is 10.6 Å². The summed E-state index contributed by atoms with van der Waals surface area (Å²) in [6, 6.07) is 3.46. The molecule has 0 fully saturated rings. The minimum absolute atomic E-state index is 0.194. The summed E-state index contributed by atoms with van der Waals surface area (Å²) in [5, 5.41) is 3.67. The van der Waals surface area contributed by atoms with Crippen molar-refractivity contribution in [3.8, 4) is 55.6 Å². The fourth-order valence-corrected chi connectivity index (χ4v) is 10.4. The number of aromatic amines is 3. The van der Waals surface area contributed by atoms with Gasteiger partial charge in [0.25, 0.3) is 11.8 Å². The summed E-state index contributed by atoms with van der Waals surface area (Å²) >= 11 is 0. The van der Waals surface area contributed by atoms with Crippen molar-refractivity contribution >= 4 is 68.4 Å². The topological polar surface area (TPSA) is 118 Å². The maximum Gasteiger partial charge on any atom is 0.256 e. The van der Waals surface area contributed by atoms with E-state index in [4.69, 9.17) is 0 Å². The maximum atomic E-state index is 16.4. The van der Waals surface area contributed by atoms with Crippen molar-refractivity contribution in [1.29, 1.82) is 0 Å². The molecule has 8 nitrogen and oxygen atoms in total. The third kappa shape index (κ3) is 8.85. The Hall–Kier alpha value is -11.0. The molecule has 0 spiro atoms. The van der Waals surface area contributed by atoms with Gasteiger partial charge in [-0.15, -0.1) is 0 Å². The monoisotopic (exact) mass is 1310 g/mol. The highest BCUT2D eigenvalue weighted by Gasteiger charge is 2.38. The van der Waals surface area contributed by atoms with Gasteiger partial charge in [0, 0.05) is 55.4 Å². The molecule has 0 atom stereocenters. The first-order valence-corrected chi connectivity index (χ1v) is 24.9. The Labute approximate surface area is 489 Å². The number of H-pyrrole nitrogens is 3. The molecular weight excluding hydrogens is 1300 g/mol. The summed E-state index contributed by atoms with van der Waals surface area (Å²) in [7, 11) is 0. The van der Waals surface area contributed by atoms with E-state index in [1.807, 2.05) is 10.6 Å². The minimum atomic E-state index is -2.89. The second-order valence-corrected chi connectivity index (χ2v) is 19.5. The van der Waals surface area contributed by atoms with Crippen molar-refractivity contribution in [2.24, 2.45) is 0 Å². The number of fused-ring (bicyclic) bond motifs is 13. The number of hydrogen-bond donors (Lipinski definition) is 5. The third-order valence-electron chi connectivity index (χ3n) is 14.5. The molecule has 0 unspecified atom stereocenters. The number of anilines is 2. The second-order valence-electron chi connectivity index (χ2n) is 19.5. The normalized spacial score (nSPS) is 12.6. The Kier molecular flexibility index (Phi) is 14.4. The average Bonchev–Trinajstić information content (AvgIpc) is 1.47. The SMILES string of the molecule is O=C1Nc2cc1c(-c1c(F)c(F)c(F)c(F)c1F)c1ccc([nH]1)c1nc(c(-c3c(F)c(F)c(F)c(F)c3F)c3cc(c(-c4c(F)c(F)c(F)c(F)c4F)c4ccc([nH]4)c(-c4c(F)c(F)c(F)c(F)c4F)c4ccc([nH]4)c2-c2c(F)c(F)c(F)c(F)c2F)C(=O)N3)C=C1. The number of nitrogens with one attached hydrogen (secondary N) is 5. The van der Waals surface area contributed by atoms with E-state index >= 15 is 87.8 Å². The van der Waals surface area contributed by atoms with Crippen LogP contribution in [0.4, 0.5) is 121 Å². The zero-order chi connectivity index (χ0) is 66.6. The highest BCUT2D eigenvalue weighted by molar-refractivity contribution is 6.19. The molecule has 3 aliphatic rings. The van der Waals surface area contributed by atoms with E-state index in [0.717, 1.165) is 12.1 Å². The summed E-state index contributed by atoms with van der Waals surface area (Å²) in [5.41, 5.74) is -32.2. The van der Waals surface area contributed by atoms with Gasteiger partial charge in [0.2, 0.25) is 29.1 Å². The van der Waals surface area contributed by atoms with Crippen LogP contribution in [0.1, 0.15) is 32.1 Å². The van der Waals surface area contributed by atoms with Crippen molar-refractivity contribution in [3.05, 3.63) is 216 Å². The number of carbonyl (C=O) groups excluding carboxylic acids is 2. The number of hydrogen-bond acceptors (Lipinski definition) is 3. The fourth-order valence-electron chi connectivity index (χ4n) is 10.4. The first kappa shape index (κ1) is 61.2. The lowest BCUT2D eigenvalue weighted by Crippen LogP contribution is -2.10. The summed E-state index contributed by atoms with van der Waals surface area (Å²) < 4.78 is 390. The van der Waals surface area contributed by atoms with Crippen LogP contribution in [-0.2, 0) is 0 Å². The van der Waals surface area contributed by atoms with Gasteiger partial charge in [-0.25, -0.2) is 115 Å². The van der Waals surface area contributed by atoms with Gasteiger partial charge in [-0.3, -0.25) is 9.59 Å². The predicted molar refractivity (Wildman–Crippen MR) is 272 cm³/mol. The molecule has 9 aromatic rings. The highest BCUT2D eigenvalue weighted by Crippen LogP contribution is 2.48. The number of carbonyl (C=O) groups is 2. The fraction of sp³-hybridized carbons (Fsp3) is 0. The lowest BCUT2D eigenvalue weighted by atomic mass is 9.98. The molecule has 0 saturated heterocycles. The van der Waals surface area contributed by atoms with Gasteiger partial charge in [0.05, 0.1) is 67.2 Å². The van der Waals surface area contributed by atoms with Crippen molar-refractivity contribution in [2.75, 3.05) is 10.6 Å². The van der Waals surface area contributed by atoms with Crippen molar-refractivity contribution in [3.63, 3.8) is 0 Å². The van der Waals surface area contributed by atoms with Crippen molar-refractivity contribution in [2.45, 2.75) is 0 Å². The van der Waals surface area contributed by atoms with Gasteiger partial charge in [0.15, 0.2) is 116 Å². The van der Waals surface area contributed by atoms with Crippen LogP contribution in [0.15, 0.2) is 48.5 Å². The van der Waals surface area contributed by atoms with Crippen LogP contribution in [0, 0.1) is 145 Å². The summed E-state index contributed by atoms with van der Waals surface area (Å²) in [5.74, 6) is -74.0. The Morgan fingerprint density at radius 1 is 0.228 bits per heavy atom. The lowest BCUT2D eigenvalue weighted by Gasteiger charge is -2.12. The van der Waals surface area contributed by atoms with E-state index in [-0.39, 0.29) is 12.1 Å². The van der Waals surface area contributed by atoms with Gasteiger partial charge < -0.3 is 25.6 Å². The second kappa shape index (κ2) is 21.6. The van der Waals surface area contributed by atoms with Gasteiger partial charge in [0.1, 0.15) is 0 Å². The van der Waals surface area contributed by atoms with Crippen molar-refractivity contribution < 1.29 is 119 Å². The van der Waals surface area contributed by atoms with Crippen LogP contribution in [0.3, 0.4) is 0 Å². The highest BCUT2D eigenvalue weighted by atomic mass is 19.2. The van der Waals surface area contributed by atoms with E-state index in [1.165, 1.54) is 0 Å². The smallest absolute Gasteiger partial charge is 0.256 e. The van der Waals surface area contributed by atoms with E-state index in [1.54, 1.807) is 0 Å². The van der Waals surface area contributed by atoms with Gasteiger partial charge in [-0.2, -0.15) is 0 Å². The molecule has 4 aromatic heterocycles. The zero-order valence-corrected chi connectivity index (χ0v) is 43.5. The van der Waals surface area contributed by atoms with Crippen LogP contribution >= 0.6 is 0 Å². The minimum Gasteiger partial charge on any atom is -0.354 e. The first-order chi connectivity index (χ1) is 43.4. The van der Waals surface area contributed by atoms with Crippen LogP contribution in [0.2, 0.25) is 0 Å². The summed E-state index contributed by atoms with van der Waals surface area (Å²) in [4.78, 5) is 39.3. The van der Waals surface area contributed by atoms with Gasteiger partial charge in [-0.05, 0) is 60.7 Å². The standard InChI is InChI=1S/C59H15F25N6O2/c60-33-28(34(61)44(71)53(80)43(33)70)23-11-9-22(90-58(11)91)27(32-41(68)51(78)57(84)52(79)42(32)69)20-8-7-18(88-20)25(30-37(64)47(74)55(82)48(75)38(30)65)17-6-5-16(87-17)24(29-35(62)45(72)54(81)46(73)36(29)63)12-10-21(89-59(12)92)26(31-39(66)49(76)56(83)50(77)40(31)67)19-4-2-14(86-19)13-1-3-15(23)85-13/h1-10,85,87-88H,(H,89,92)(H,90,91). The first-order valence-electron chi connectivity index (χ1n) is 24.9. The molecular formula is C59H15F25N6O2. The summed E-state index contributed by atoms with van der Waals surface area (Å²) in [6.07, 6.45) is 1.38. The predicted octanol–water partition coefficient (Wildman–Crippen LogP) is 17.9. The Balaban J connectivity index is 1.39. The molecule has 0 radical (unpaired) electrons. The molecule has 12 bridgehead atoms. The Bertz CT molecular complexity index is 5160. The number of benzene rings is 5. The zero-order valence-electron chi connectivity index (χ0n) is 43.5. The molecule has 5 N–H and O–H groups in total. The molecule has 0 saturated carbocycles. The van der Waals surface area contributed by atoms with Crippen molar-refractivity contribution in [1.82, 2.24) is 19.9 Å². The van der Waals surface area contributed by atoms with Crippen LogP contribution in [0.25, 0.3) is 101 Å². The molecule has 12 rings (SSSR count). The van der Waals surface area contributed by atoms with Gasteiger partial charge in [-0.1, -0.05) is 0 Å². The number of nitrogens with zero attached hydrogens (tertiary/aromatic N) is 1. The molecule has 0 aliphatic carbocycles. The van der Waals surface area contributed by atoms with E-state index < -0.39 is 280 Å². The maximum absolute atomic E-state index is 16.4. The molecule has 2 amide bonds. The average molecular weight is 1310 g/mol.